The number of thiazole rings is 1. The summed E-state index contributed by atoms with van der Waals surface area (Å²) in [5.41, 5.74) is 7.13. The fourth-order valence-corrected chi connectivity index (χ4v) is 4.07. The zero-order valence-electron chi connectivity index (χ0n) is 11.9. The molecule has 0 amide bonds. The minimum atomic E-state index is 0.656. The lowest BCUT2D eigenvalue weighted by molar-refractivity contribution is 0.520. The van der Waals surface area contributed by atoms with Crippen molar-refractivity contribution in [2.45, 2.75) is 65.3 Å². The molecule has 3 heteroatoms. The molecule has 1 heterocycles. The van der Waals surface area contributed by atoms with Crippen LogP contribution in [-0.4, -0.2) is 4.98 Å². The summed E-state index contributed by atoms with van der Waals surface area (Å²) in [6.07, 6.45) is 6.46. The maximum absolute atomic E-state index is 5.86. The number of nitrogens with zero attached hydrogens (tertiary/aromatic N) is 1. The van der Waals surface area contributed by atoms with Crippen molar-refractivity contribution in [1.29, 1.82) is 0 Å². The SMILES string of the molecule is CCC1CCC(c2nc(CC(C)C)c(CN)s2)C1. The van der Waals surface area contributed by atoms with Crippen LogP contribution in [0, 0.1) is 11.8 Å². The first-order chi connectivity index (χ1) is 8.63. The minimum absolute atomic E-state index is 0.656. The lowest BCUT2D eigenvalue weighted by atomic mass is 10.0. The molecule has 1 aliphatic carbocycles. The molecule has 0 saturated heterocycles. The Bertz CT molecular complexity index is 384. The average molecular weight is 266 g/mol. The molecule has 0 aromatic carbocycles. The van der Waals surface area contributed by atoms with E-state index in [1.165, 1.54) is 41.3 Å². The largest absolute Gasteiger partial charge is 0.326 e. The van der Waals surface area contributed by atoms with Crippen molar-refractivity contribution in [3.63, 3.8) is 0 Å². The Morgan fingerprint density at radius 1 is 1.39 bits per heavy atom. The van der Waals surface area contributed by atoms with E-state index in [1.807, 2.05) is 11.3 Å². The predicted octanol–water partition coefficient (Wildman–Crippen LogP) is 4.09. The molecule has 2 N–H and O–H groups in total. The predicted molar refractivity (Wildman–Crippen MR) is 78.9 cm³/mol. The third-order valence-corrected chi connectivity index (χ3v) is 5.33. The first-order valence-corrected chi connectivity index (χ1v) is 8.14. The number of nitrogens with two attached hydrogens (primary N) is 1. The highest BCUT2D eigenvalue weighted by Gasteiger charge is 2.27. The van der Waals surface area contributed by atoms with E-state index in [0.717, 1.165) is 12.3 Å². The summed E-state index contributed by atoms with van der Waals surface area (Å²) in [5, 5.41) is 1.36. The number of hydrogen-bond acceptors (Lipinski definition) is 3. The van der Waals surface area contributed by atoms with Gasteiger partial charge in [-0.05, 0) is 37.5 Å². The zero-order chi connectivity index (χ0) is 13.1. The molecule has 1 saturated carbocycles. The van der Waals surface area contributed by atoms with Crippen LogP contribution in [0.15, 0.2) is 0 Å². The van der Waals surface area contributed by atoms with Gasteiger partial charge in [-0.25, -0.2) is 4.98 Å². The molecule has 0 spiro atoms. The van der Waals surface area contributed by atoms with E-state index in [1.54, 1.807) is 0 Å². The number of aromatic nitrogens is 1. The van der Waals surface area contributed by atoms with Gasteiger partial charge >= 0.3 is 0 Å². The quantitative estimate of drug-likeness (QED) is 0.871. The number of rotatable bonds is 5. The zero-order valence-corrected chi connectivity index (χ0v) is 12.7. The van der Waals surface area contributed by atoms with E-state index >= 15 is 0 Å². The molecule has 102 valence electrons. The number of hydrogen-bond donors (Lipinski definition) is 1. The fraction of sp³-hybridized carbons (Fsp3) is 0.800. The topological polar surface area (TPSA) is 38.9 Å². The van der Waals surface area contributed by atoms with Crippen molar-refractivity contribution in [3.05, 3.63) is 15.6 Å². The van der Waals surface area contributed by atoms with Gasteiger partial charge in [-0.15, -0.1) is 11.3 Å². The van der Waals surface area contributed by atoms with Crippen LogP contribution in [0.5, 0.6) is 0 Å². The van der Waals surface area contributed by atoms with Gasteiger partial charge in [0.2, 0.25) is 0 Å². The maximum atomic E-state index is 5.86. The summed E-state index contributed by atoms with van der Waals surface area (Å²) < 4.78 is 0. The molecule has 1 aromatic rings. The van der Waals surface area contributed by atoms with E-state index < -0.39 is 0 Å². The normalized spacial score (nSPS) is 24.1. The lowest BCUT2D eigenvalue weighted by Gasteiger charge is -2.06. The molecule has 1 aromatic heterocycles. The smallest absolute Gasteiger partial charge is 0.0962 e. The molecule has 1 aliphatic rings. The van der Waals surface area contributed by atoms with Gasteiger partial charge in [0, 0.05) is 17.3 Å². The molecular formula is C15H26N2S. The Kier molecular flexibility index (Phi) is 4.79. The van der Waals surface area contributed by atoms with Crippen LogP contribution >= 0.6 is 11.3 Å². The van der Waals surface area contributed by atoms with Crippen LogP contribution in [0.4, 0.5) is 0 Å². The van der Waals surface area contributed by atoms with Gasteiger partial charge in [0.1, 0.15) is 0 Å². The monoisotopic (exact) mass is 266 g/mol. The van der Waals surface area contributed by atoms with Gasteiger partial charge in [-0.2, -0.15) is 0 Å². The first-order valence-electron chi connectivity index (χ1n) is 7.32. The molecule has 2 atom stereocenters. The van der Waals surface area contributed by atoms with Crippen molar-refractivity contribution < 1.29 is 0 Å². The second-order valence-corrected chi connectivity index (χ2v) is 7.12. The molecule has 0 bridgehead atoms. The molecule has 18 heavy (non-hydrogen) atoms. The van der Waals surface area contributed by atoms with E-state index in [4.69, 9.17) is 10.7 Å². The third kappa shape index (κ3) is 3.12. The van der Waals surface area contributed by atoms with Crippen molar-refractivity contribution in [2.24, 2.45) is 17.6 Å². The van der Waals surface area contributed by atoms with Crippen molar-refractivity contribution >= 4 is 11.3 Å². The van der Waals surface area contributed by atoms with Crippen LogP contribution in [-0.2, 0) is 13.0 Å². The van der Waals surface area contributed by atoms with Crippen LogP contribution in [0.1, 0.15) is 68.0 Å². The van der Waals surface area contributed by atoms with Gasteiger partial charge in [-0.3, -0.25) is 0 Å². The second-order valence-electron chi connectivity index (χ2n) is 6.01. The highest BCUT2D eigenvalue weighted by atomic mass is 32.1. The van der Waals surface area contributed by atoms with E-state index in [9.17, 15) is 0 Å². The molecule has 0 radical (unpaired) electrons. The Balaban J connectivity index is 2.12. The summed E-state index contributed by atoms with van der Waals surface area (Å²) in [4.78, 5) is 6.23. The fourth-order valence-electron chi connectivity index (χ4n) is 2.95. The summed E-state index contributed by atoms with van der Waals surface area (Å²) in [5.74, 6) is 2.30. The van der Waals surface area contributed by atoms with Crippen molar-refractivity contribution in [1.82, 2.24) is 4.98 Å². The summed E-state index contributed by atoms with van der Waals surface area (Å²) >= 11 is 1.88. The second kappa shape index (κ2) is 6.16. The van der Waals surface area contributed by atoms with Crippen molar-refractivity contribution in [2.75, 3.05) is 0 Å². The van der Waals surface area contributed by atoms with Crippen LogP contribution in [0.25, 0.3) is 0 Å². The maximum Gasteiger partial charge on any atom is 0.0962 e. The highest BCUT2D eigenvalue weighted by Crippen LogP contribution is 2.41. The van der Waals surface area contributed by atoms with Gasteiger partial charge in [-0.1, -0.05) is 27.2 Å². The Labute approximate surface area is 115 Å². The van der Waals surface area contributed by atoms with E-state index in [-0.39, 0.29) is 0 Å². The van der Waals surface area contributed by atoms with E-state index in [2.05, 4.69) is 20.8 Å². The van der Waals surface area contributed by atoms with Gasteiger partial charge < -0.3 is 5.73 Å². The third-order valence-electron chi connectivity index (χ3n) is 4.05. The Morgan fingerprint density at radius 2 is 2.17 bits per heavy atom. The summed E-state index contributed by atoms with van der Waals surface area (Å²) in [6, 6.07) is 0. The van der Waals surface area contributed by atoms with Gasteiger partial charge in [0.05, 0.1) is 10.7 Å². The van der Waals surface area contributed by atoms with Crippen LogP contribution in [0.2, 0.25) is 0 Å². The highest BCUT2D eigenvalue weighted by molar-refractivity contribution is 7.11. The van der Waals surface area contributed by atoms with Crippen LogP contribution in [0.3, 0.4) is 0 Å². The molecule has 2 rings (SSSR count). The Morgan fingerprint density at radius 3 is 2.72 bits per heavy atom. The van der Waals surface area contributed by atoms with Gasteiger partial charge in [0.15, 0.2) is 0 Å². The molecule has 0 aliphatic heterocycles. The van der Waals surface area contributed by atoms with E-state index in [0.29, 0.717) is 18.4 Å². The van der Waals surface area contributed by atoms with Crippen molar-refractivity contribution in [3.8, 4) is 0 Å². The average Bonchev–Trinajstić information content (AvgIpc) is 2.93. The Hall–Kier alpha value is -0.410. The van der Waals surface area contributed by atoms with Crippen LogP contribution < -0.4 is 5.73 Å². The summed E-state index contributed by atoms with van der Waals surface area (Å²) in [6.45, 7) is 7.47. The molecule has 2 unspecified atom stereocenters. The molecule has 2 nitrogen and oxygen atoms in total. The minimum Gasteiger partial charge on any atom is -0.326 e. The first kappa shape index (κ1) is 14.0. The standard InChI is InChI=1S/C15H26N2S/c1-4-11-5-6-12(8-11)15-17-13(7-10(2)3)14(9-16)18-15/h10-12H,4-9,16H2,1-3H3. The molecule has 1 fully saturated rings. The molecular weight excluding hydrogens is 240 g/mol. The lowest BCUT2D eigenvalue weighted by Crippen LogP contribution is -2.02. The van der Waals surface area contributed by atoms with Gasteiger partial charge in [0.25, 0.3) is 0 Å². The summed E-state index contributed by atoms with van der Waals surface area (Å²) in [7, 11) is 0.